The Morgan fingerprint density at radius 1 is 1.32 bits per heavy atom. The summed E-state index contributed by atoms with van der Waals surface area (Å²) in [6.07, 6.45) is 4.40. The van der Waals surface area contributed by atoms with Crippen molar-refractivity contribution in [2.24, 2.45) is 0 Å². The largest absolute Gasteiger partial charge is 0.479 e. The monoisotopic (exact) mass is 257 g/mol. The van der Waals surface area contributed by atoms with Gasteiger partial charge in [0.25, 0.3) is 0 Å². The Morgan fingerprint density at radius 3 is 2.63 bits per heavy atom. The molecule has 98 valence electrons. The first kappa shape index (κ1) is 11.9. The quantitative estimate of drug-likeness (QED) is 0.907. The van der Waals surface area contributed by atoms with Gasteiger partial charge in [0.15, 0.2) is 0 Å². The molecule has 19 heavy (non-hydrogen) atoms. The predicted octanol–water partition coefficient (Wildman–Crippen LogP) is 1.83. The zero-order chi connectivity index (χ0) is 13.3. The first-order valence-corrected chi connectivity index (χ1v) is 6.39. The van der Waals surface area contributed by atoms with Crippen LogP contribution in [0.2, 0.25) is 0 Å². The van der Waals surface area contributed by atoms with Gasteiger partial charge in [-0.05, 0) is 24.8 Å². The molecule has 1 aromatic carbocycles. The van der Waals surface area contributed by atoms with E-state index in [2.05, 4.69) is 10.2 Å². The third kappa shape index (κ3) is 1.91. The Balaban J connectivity index is 1.93. The summed E-state index contributed by atoms with van der Waals surface area (Å²) in [6, 6.07) is 9.90. The van der Waals surface area contributed by atoms with Gasteiger partial charge in [0.1, 0.15) is 17.7 Å². The van der Waals surface area contributed by atoms with Crippen LogP contribution in [-0.2, 0) is 16.8 Å². The second-order valence-electron chi connectivity index (χ2n) is 4.97. The van der Waals surface area contributed by atoms with Crippen molar-refractivity contribution in [2.45, 2.75) is 31.2 Å². The number of carboxylic acid groups (broad SMARTS) is 1. The molecule has 0 radical (unpaired) electrons. The van der Waals surface area contributed by atoms with E-state index in [1.54, 1.807) is 10.9 Å². The highest BCUT2D eigenvalue weighted by Crippen LogP contribution is 2.40. The van der Waals surface area contributed by atoms with Gasteiger partial charge in [-0.25, -0.2) is 4.79 Å². The molecule has 1 fully saturated rings. The van der Waals surface area contributed by atoms with Crippen LogP contribution >= 0.6 is 0 Å². The van der Waals surface area contributed by atoms with Gasteiger partial charge < -0.3 is 9.67 Å². The van der Waals surface area contributed by atoms with E-state index in [4.69, 9.17) is 0 Å². The van der Waals surface area contributed by atoms with E-state index in [0.717, 1.165) is 12.0 Å². The molecule has 0 atom stereocenters. The number of nitrogens with zero attached hydrogens (tertiary/aromatic N) is 3. The van der Waals surface area contributed by atoms with Gasteiger partial charge in [0.05, 0.1) is 0 Å². The van der Waals surface area contributed by atoms with Crippen LogP contribution in [0.4, 0.5) is 0 Å². The van der Waals surface area contributed by atoms with Crippen molar-refractivity contribution in [3.63, 3.8) is 0 Å². The average Bonchev–Trinajstić information content (AvgIpc) is 2.77. The minimum absolute atomic E-state index is 0.607. The summed E-state index contributed by atoms with van der Waals surface area (Å²) in [7, 11) is 0. The van der Waals surface area contributed by atoms with E-state index in [0.29, 0.717) is 25.1 Å². The standard InChI is InChI=1S/C14H15N3O2/c18-13(19)14(7-4-8-14)17-10-15-16-12(17)9-11-5-2-1-3-6-11/h1-3,5-6,10H,4,7-9H2,(H,18,19). The minimum Gasteiger partial charge on any atom is -0.479 e. The molecule has 5 heteroatoms. The molecule has 1 aromatic heterocycles. The first-order chi connectivity index (χ1) is 9.22. The zero-order valence-corrected chi connectivity index (χ0v) is 10.5. The van der Waals surface area contributed by atoms with Gasteiger partial charge in [0.2, 0.25) is 0 Å². The van der Waals surface area contributed by atoms with Crippen LogP contribution in [0.3, 0.4) is 0 Å². The van der Waals surface area contributed by atoms with Crippen LogP contribution in [0, 0.1) is 0 Å². The fourth-order valence-electron chi connectivity index (χ4n) is 2.58. The molecule has 0 saturated heterocycles. The Hall–Kier alpha value is -2.17. The molecule has 5 nitrogen and oxygen atoms in total. The van der Waals surface area contributed by atoms with Gasteiger partial charge in [0, 0.05) is 6.42 Å². The summed E-state index contributed by atoms with van der Waals surface area (Å²) in [4.78, 5) is 11.5. The highest BCUT2D eigenvalue weighted by Gasteiger charge is 2.47. The fraction of sp³-hybridized carbons (Fsp3) is 0.357. The van der Waals surface area contributed by atoms with Crippen LogP contribution in [0.1, 0.15) is 30.7 Å². The van der Waals surface area contributed by atoms with E-state index >= 15 is 0 Å². The number of carboxylic acids is 1. The Morgan fingerprint density at radius 2 is 2.05 bits per heavy atom. The summed E-state index contributed by atoms with van der Waals surface area (Å²) in [5.74, 6) is -0.0684. The third-order valence-corrected chi connectivity index (χ3v) is 3.86. The number of hydrogen-bond donors (Lipinski definition) is 1. The molecule has 0 spiro atoms. The number of aliphatic carboxylic acids is 1. The van der Waals surface area contributed by atoms with Gasteiger partial charge in [-0.2, -0.15) is 0 Å². The van der Waals surface area contributed by atoms with E-state index in [1.165, 1.54) is 0 Å². The number of hydrogen-bond acceptors (Lipinski definition) is 3. The summed E-state index contributed by atoms with van der Waals surface area (Å²) in [5.41, 5.74) is 0.282. The summed E-state index contributed by atoms with van der Waals surface area (Å²) in [5, 5.41) is 17.5. The summed E-state index contributed by atoms with van der Waals surface area (Å²) >= 11 is 0. The number of benzene rings is 1. The van der Waals surface area contributed by atoms with Crippen molar-refractivity contribution < 1.29 is 9.90 Å². The Bertz CT molecular complexity index is 588. The Kier molecular flexibility index (Phi) is 2.81. The normalized spacial score (nSPS) is 16.8. The molecule has 1 heterocycles. The number of aromatic nitrogens is 3. The van der Waals surface area contributed by atoms with Crippen LogP contribution < -0.4 is 0 Å². The number of rotatable bonds is 4. The van der Waals surface area contributed by atoms with Crippen LogP contribution in [0.15, 0.2) is 36.7 Å². The fourth-order valence-corrected chi connectivity index (χ4v) is 2.58. The SMILES string of the molecule is O=C(O)C1(n2cnnc2Cc2ccccc2)CCC1. The van der Waals surface area contributed by atoms with E-state index in [-0.39, 0.29) is 0 Å². The molecule has 1 aliphatic rings. The minimum atomic E-state index is -0.826. The van der Waals surface area contributed by atoms with Gasteiger partial charge in [-0.3, -0.25) is 0 Å². The molecule has 0 bridgehead atoms. The molecule has 0 amide bonds. The lowest BCUT2D eigenvalue weighted by molar-refractivity contribution is -0.152. The lowest BCUT2D eigenvalue weighted by Gasteiger charge is -2.39. The van der Waals surface area contributed by atoms with Crippen LogP contribution in [0.5, 0.6) is 0 Å². The summed E-state index contributed by atoms with van der Waals surface area (Å²) in [6.45, 7) is 0. The molecule has 0 unspecified atom stereocenters. The second kappa shape index (κ2) is 4.50. The van der Waals surface area contributed by atoms with Crippen molar-refractivity contribution in [1.29, 1.82) is 0 Å². The van der Waals surface area contributed by atoms with Crippen molar-refractivity contribution >= 4 is 5.97 Å². The lowest BCUT2D eigenvalue weighted by atomic mass is 9.76. The lowest BCUT2D eigenvalue weighted by Crippen LogP contribution is -2.48. The Labute approximate surface area is 110 Å². The highest BCUT2D eigenvalue weighted by atomic mass is 16.4. The maximum absolute atomic E-state index is 11.5. The third-order valence-electron chi connectivity index (χ3n) is 3.86. The van der Waals surface area contributed by atoms with Crippen molar-refractivity contribution in [2.75, 3.05) is 0 Å². The topological polar surface area (TPSA) is 68.0 Å². The molecule has 1 saturated carbocycles. The summed E-state index contributed by atoms with van der Waals surface area (Å²) < 4.78 is 1.74. The second-order valence-corrected chi connectivity index (χ2v) is 4.97. The van der Waals surface area contributed by atoms with Crippen molar-refractivity contribution in [3.8, 4) is 0 Å². The van der Waals surface area contributed by atoms with E-state index in [1.807, 2.05) is 30.3 Å². The number of carbonyl (C=O) groups is 1. The molecular weight excluding hydrogens is 242 g/mol. The molecule has 1 aliphatic carbocycles. The van der Waals surface area contributed by atoms with Crippen molar-refractivity contribution in [3.05, 3.63) is 48.0 Å². The van der Waals surface area contributed by atoms with E-state index < -0.39 is 11.5 Å². The van der Waals surface area contributed by atoms with Gasteiger partial charge in [-0.1, -0.05) is 30.3 Å². The molecule has 1 N–H and O–H groups in total. The highest BCUT2D eigenvalue weighted by molar-refractivity contribution is 5.78. The molecule has 0 aliphatic heterocycles. The molecule has 3 rings (SSSR count). The maximum Gasteiger partial charge on any atom is 0.329 e. The zero-order valence-electron chi connectivity index (χ0n) is 10.5. The molecular formula is C14H15N3O2. The van der Waals surface area contributed by atoms with Gasteiger partial charge >= 0.3 is 5.97 Å². The average molecular weight is 257 g/mol. The van der Waals surface area contributed by atoms with Crippen LogP contribution in [0.25, 0.3) is 0 Å². The van der Waals surface area contributed by atoms with E-state index in [9.17, 15) is 9.90 Å². The predicted molar refractivity (Wildman–Crippen MR) is 68.7 cm³/mol. The first-order valence-electron chi connectivity index (χ1n) is 6.39. The smallest absolute Gasteiger partial charge is 0.329 e. The van der Waals surface area contributed by atoms with Gasteiger partial charge in [-0.15, -0.1) is 10.2 Å². The van der Waals surface area contributed by atoms with Crippen LogP contribution in [-0.4, -0.2) is 25.8 Å². The van der Waals surface area contributed by atoms with Crippen molar-refractivity contribution in [1.82, 2.24) is 14.8 Å². The maximum atomic E-state index is 11.5. The molecule has 2 aromatic rings.